The van der Waals surface area contributed by atoms with E-state index < -0.39 is 0 Å². The van der Waals surface area contributed by atoms with Crippen LogP contribution < -0.4 is 18.9 Å². The molecule has 0 aromatic heterocycles. The molecule has 0 fully saturated rings. The molecule has 1 rings (SSSR count). The van der Waals surface area contributed by atoms with E-state index in [0.717, 1.165) is 6.42 Å². The van der Waals surface area contributed by atoms with Crippen molar-refractivity contribution in [2.75, 3.05) is 0 Å². The fourth-order valence-corrected chi connectivity index (χ4v) is 1.85. The van der Waals surface area contributed by atoms with Gasteiger partial charge in [-0.2, -0.15) is 0 Å². The van der Waals surface area contributed by atoms with Crippen LogP contribution in [0.25, 0.3) is 5.32 Å². The van der Waals surface area contributed by atoms with Gasteiger partial charge in [-0.15, -0.1) is 11.6 Å². The van der Waals surface area contributed by atoms with E-state index >= 15 is 0 Å². The predicted molar refractivity (Wildman–Crippen MR) is 71.8 cm³/mol. The molecule has 0 N–H and O–H groups in total. The Morgan fingerprint density at radius 3 is 2.18 bits per heavy atom. The summed E-state index contributed by atoms with van der Waals surface area (Å²) in [5.74, 6) is 0. The smallest absolute Gasteiger partial charge is 0.651 e. The SMILES string of the molecule is CCCCC([N-]C(C)(C)C)c1ccccc1.[Li+]. The van der Waals surface area contributed by atoms with E-state index in [1.54, 1.807) is 0 Å². The second-order valence-corrected chi connectivity index (χ2v) is 5.37. The number of benzene rings is 1. The van der Waals surface area contributed by atoms with Gasteiger partial charge in [-0.1, -0.05) is 82.9 Å². The van der Waals surface area contributed by atoms with E-state index in [2.05, 4.69) is 58.0 Å². The Hall–Kier alpha value is -0.223. The molecule has 1 atom stereocenters. The molecular weight excluding hydrogens is 201 g/mol. The van der Waals surface area contributed by atoms with Crippen LogP contribution in [0.1, 0.15) is 58.6 Å². The monoisotopic (exact) mass is 225 g/mol. The van der Waals surface area contributed by atoms with Crippen LogP contribution in [0.2, 0.25) is 0 Å². The van der Waals surface area contributed by atoms with Gasteiger partial charge in [0.15, 0.2) is 0 Å². The molecule has 0 radical (unpaired) electrons. The first-order valence-corrected chi connectivity index (χ1v) is 6.30. The largest absolute Gasteiger partial charge is 1.00 e. The summed E-state index contributed by atoms with van der Waals surface area (Å²) in [4.78, 5) is 0. The minimum Gasteiger partial charge on any atom is -0.651 e. The maximum absolute atomic E-state index is 4.92. The molecule has 0 bridgehead atoms. The molecule has 1 aromatic carbocycles. The van der Waals surface area contributed by atoms with Gasteiger partial charge < -0.3 is 5.32 Å². The van der Waals surface area contributed by atoms with E-state index in [1.807, 2.05) is 0 Å². The van der Waals surface area contributed by atoms with Crippen molar-refractivity contribution in [2.24, 2.45) is 0 Å². The first-order valence-electron chi connectivity index (χ1n) is 6.30. The van der Waals surface area contributed by atoms with Crippen LogP contribution in [0, 0.1) is 0 Å². The van der Waals surface area contributed by atoms with Crippen molar-refractivity contribution in [1.29, 1.82) is 0 Å². The fraction of sp³-hybridized carbons (Fsp3) is 0.600. The van der Waals surface area contributed by atoms with Crippen LogP contribution in [0.4, 0.5) is 0 Å². The maximum atomic E-state index is 4.92. The molecule has 0 heterocycles. The quantitative estimate of drug-likeness (QED) is 0.681. The summed E-state index contributed by atoms with van der Waals surface area (Å²) in [7, 11) is 0. The van der Waals surface area contributed by atoms with Gasteiger partial charge in [-0.25, -0.2) is 0 Å². The molecule has 0 spiro atoms. The van der Waals surface area contributed by atoms with E-state index in [0.29, 0.717) is 6.04 Å². The second-order valence-electron chi connectivity index (χ2n) is 5.37. The summed E-state index contributed by atoms with van der Waals surface area (Å²) < 4.78 is 0. The van der Waals surface area contributed by atoms with Crippen LogP contribution in [0.15, 0.2) is 30.3 Å². The van der Waals surface area contributed by atoms with Crippen molar-refractivity contribution in [3.05, 3.63) is 41.2 Å². The van der Waals surface area contributed by atoms with Gasteiger partial charge in [0, 0.05) is 0 Å². The molecule has 0 aliphatic rings. The average molecular weight is 225 g/mol. The van der Waals surface area contributed by atoms with E-state index in [9.17, 15) is 0 Å². The third-order valence-corrected chi connectivity index (χ3v) is 2.56. The van der Waals surface area contributed by atoms with Gasteiger partial charge in [0.05, 0.1) is 0 Å². The topological polar surface area (TPSA) is 14.1 Å². The van der Waals surface area contributed by atoms with Crippen LogP contribution in [0.5, 0.6) is 0 Å². The van der Waals surface area contributed by atoms with Gasteiger partial charge >= 0.3 is 18.9 Å². The van der Waals surface area contributed by atoms with Crippen LogP contribution in [-0.2, 0) is 0 Å². The number of rotatable bonds is 5. The minimum atomic E-state index is 0. The molecule has 1 nitrogen and oxygen atoms in total. The summed E-state index contributed by atoms with van der Waals surface area (Å²) in [6.07, 6.45) is 3.65. The zero-order valence-corrected chi connectivity index (χ0v) is 12.0. The first kappa shape index (κ1) is 16.8. The zero-order valence-electron chi connectivity index (χ0n) is 12.0. The van der Waals surface area contributed by atoms with Gasteiger partial charge in [-0.3, -0.25) is 0 Å². The summed E-state index contributed by atoms with van der Waals surface area (Å²) in [5.41, 5.74) is 1.40. The Morgan fingerprint density at radius 2 is 1.71 bits per heavy atom. The molecule has 1 aromatic rings. The number of unbranched alkanes of at least 4 members (excludes halogenated alkanes) is 1. The molecule has 0 amide bonds. The molecule has 0 aliphatic heterocycles. The molecule has 0 saturated heterocycles. The summed E-state index contributed by atoms with van der Waals surface area (Å²) >= 11 is 0. The molecular formula is C15H24LiN. The van der Waals surface area contributed by atoms with Gasteiger partial charge in [0.1, 0.15) is 0 Å². The average Bonchev–Trinajstić information content (AvgIpc) is 2.24. The molecule has 1 unspecified atom stereocenters. The Balaban J connectivity index is 0.00000256. The van der Waals surface area contributed by atoms with E-state index in [1.165, 1.54) is 18.4 Å². The van der Waals surface area contributed by atoms with Crippen molar-refractivity contribution in [3.63, 3.8) is 0 Å². The standard InChI is InChI=1S/C15H24N.Li/c1-5-6-12-14(16-15(2,3)4)13-10-8-7-9-11-13;/h7-11,14H,5-6,12H2,1-4H3;/q-1;+1. The summed E-state index contributed by atoms with van der Waals surface area (Å²) in [5, 5.41) is 4.92. The zero-order chi connectivity index (χ0) is 12.0. The Kier molecular flexibility index (Phi) is 7.88. The van der Waals surface area contributed by atoms with Crippen molar-refractivity contribution in [3.8, 4) is 0 Å². The molecule has 2 heteroatoms. The molecule has 0 aliphatic carbocycles. The van der Waals surface area contributed by atoms with Gasteiger partial charge in [0.2, 0.25) is 0 Å². The van der Waals surface area contributed by atoms with Crippen molar-refractivity contribution >= 4 is 0 Å². The Morgan fingerprint density at radius 1 is 1.12 bits per heavy atom. The van der Waals surface area contributed by atoms with E-state index in [4.69, 9.17) is 5.32 Å². The van der Waals surface area contributed by atoms with Crippen molar-refractivity contribution < 1.29 is 18.9 Å². The first-order chi connectivity index (χ1) is 7.53. The fourth-order valence-electron chi connectivity index (χ4n) is 1.85. The second kappa shape index (κ2) is 7.98. The van der Waals surface area contributed by atoms with Crippen molar-refractivity contribution in [2.45, 2.75) is 58.5 Å². The minimum absolute atomic E-state index is 0. The molecule has 17 heavy (non-hydrogen) atoms. The third-order valence-electron chi connectivity index (χ3n) is 2.56. The predicted octanol–water partition coefficient (Wildman–Crippen LogP) is 2.09. The van der Waals surface area contributed by atoms with E-state index in [-0.39, 0.29) is 24.4 Å². The van der Waals surface area contributed by atoms with Crippen LogP contribution in [-0.4, -0.2) is 5.54 Å². The maximum Gasteiger partial charge on any atom is 1.00 e. The molecule has 0 saturated carbocycles. The number of nitrogens with zero attached hydrogens (tertiary/aromatic N) is 1. The van der Waals surface area contributed by atoms with Crippen LogP contribution in [0.3, 0.4) is 0 Å². The van der Waals surface area contributed by atoms with Gasteiger partial charge in [-0.05, 0) is 0 Å². The van der Waals surface area contributed by atoms with Crippen molar-refractivity contribution in [1.82, 2.24) is 0 Å². The Bertz CT molecular complexity index is 290. The van der Waals surface area contributed by atoms with Gasteiger partial charge in [0.25, 0.3) is 0 Å². The summed E-state index contributed by atoms with van der Waals surface area (Å²) in [6.45, 7) is 8.76. The Labute approximate surface area is 119 Å². The summed E-state index contributed by atoms with van der Waals surface area (Å²) in [6, 6.07) is 11.0. The number of hydrogen-bond acceptors (Lipinski definition) is 0. The number of hydrogen-bond donors (Lipinski definition) is 0. The normalized spacial score (nSPS) is 12.9. The molecule has 90 valence electrons. The third kappa shape index (κ3) is 6.94. The van der Waals surface area contributed by atoms with Crippen LogP contribution >= 0.6 is 0 Å².